The number of aromatic amines is 1. The first-order valence-corrected chi connectivity index (χ1v) is 12.6. The predicted octanol–water partition coefficient (Wildman–Crippen LogP) is 4.80. The lowest BCUT2D eigenvalue weighted by atomic mass is 10.2. The van der Waals surface area contributed by atoms with E-state index in [0.717, 1.165) is 18.2 Å². The monoisotopic (exact) mass is 511 g/mol. The Labute approximate surface area is 197 Å². The van der Waals surface area contributed by atoms with Gasteiger partial charge < -0.3 is 9.72 Å². The Kier molecular flexibility index (Phi) is 6.63. The first-order chi connectivity index (χ1) is 16.1. The molecular weight excluding hydrogens is 491 g/mol. The van der Waals surface area contributed by atoms with E-state index < -0.39 is 26.7 Å². The Morgan fingerprint density at radius 3 is 2.74 bits per heavy atom. The minimum absolute atomic E-state index is 0.0719. The first-order valence-electron chi connectivity index (χ1n) is 10.3. The molecule has 4 rings (SSSR count). The number of H-pyrrole nitrogens is 1. The number of hydrogen-bond donors (Lipinski definition) is 2. The predicted molar refractivity (Wildman–Crippen MR) is 125 cm³/mol. The van der Waals surface area contributed by atoms with Crippen LogP contribution in [0.5, 0.6) is 0 Å². The highest BCUT2D eigenvalue weighted by Gasteiger charge is 2.37. The molecule has 1 atom stereocenters. The van der Waals surface area contributed by atoms with Crippen LogP contribution in [0.15, 0.2) is 58.4 Å². The minimum atomic E-state index is -4.82. The van der Waals surface area contributed by atoms with Crippen LogP contribution >= 0.6 is 11.8 Å². The van der Waals surface area contributed by atoms with E-state index in [1.54, 1.807) is 25.1 Å². The standard InChI is InChI=1S/C22H20F3N3O4S2/c1-2-32-19(29)11-14-12-26-21(33-14)17-10-13-6-5-8-16(20(13)27-17)28-34(30,31)18-9-4-3-7-15(18)22(23,24)25/h3-10,14,27-28H,2,11-12H2,1H3. The van der Waals surface area contributed by atoms with Crippen LogP contribution in [0.25, 0.3) is 10.9 Å². The van der Waals surface area contributed by atoms with E-state index in [0.29, 0.717) is 34.8 Å². The number of esters is 1. The van der Waals surface area contributed by atoms with Crippen molar-refractivity contribution in [2.75, 3.05) is 17.9 Å². The molecule has 180 valence electrons. The second-order valence-electron chi connectivity index (χ2n) is 7.45. The number of halogens is 3. The molecule has 34 heavy (non-hydrogen) atoms. The van der Waals surface area contributed by atoms with E-state index in [9.17, 15) is 26.4 Å². The van der Waals surface area contributed by atoms with Gasteiger partial charge in [0.2, 0.25) is 0 Å². The summed E-state index contributed by atoms with van der Waals surface area (Å²) in [5.74, 6) is -0.302. The zero-order valence-corrected chi connectivity index (χ0v) is 19.5. The molecule has 0 amide bonds. The number of aromatic nitrogens is 1. The number of fused-ring (bicyclic) bond motifs is 1. The molecular formula is C22H20F3N3O4S2. The maximum atomic E-state index is 13.4. The van der Waals surface area contributed by atoms with Crippen molar-refractivity contribution in [2.24, 2.45) is 4.99 Å². The second-order valence-corrected chi connectivity index (χ2v) is 10.4. The van der Waals surface area contributed by atoms with Crippen LogP contribution in [0.1, 0.15) is 24.6 Å². The highest BCUT2D eigenvalue weighted by molar-refractivity contribution is 8.15. The number of rotatable bonds is 7. The molecule has 0 fully saturated rings. The normalized spacial score (nSPS) is 16.5. The Bertz CT molecular complexity index is 1370. The van der Waals surface area contributed by atoms with Crippen molar-refractivity contribution in [2.45, 2.75) is 29.7 Å². The van der Waals surface area contributed by atoms with Gasteiger partial charge >= 0.3 is 12.1 Å². The van der Waals surface area contributed by atoms with Gasteiger partial charge in [-0.15, -0.1) is 0 Å². The Balaban J connectivity index is 1.60. The summed E-state index contributed by atoms with van der Waals surface area (Å²) in [7, 11) is -4.53. The summed E-state index contributed by atoms with van der Waals surface area (Å²) in [6, 6.07) is 10.6. The van der Waals surface area contributed by atoms with Crippen LogP contribution in [0.2, 0.25) is 0 Å². The van der Waals surface area contributed by atoms with Gasteiger partial charge in [-0.25, -0.2) is 8.42 Å². The number of nitrogens with zero attached hydrogens (tertiary/aromatic N) is 1. The number of benzene rings is 2. The quantitative estimate of drug-likeness (QED) is 0.444. The van der Waals surface area contributed by atoms with Crippen molar-refractivity contribution in [1.82, 2.24) is 4.98 Å². The first kappa shape index (κ1) is 24.1. The van der Waals surface area contributed by atoms with E-state index in [2.05, 4.69) is 14.7 Å². The Morgan fingerprint density at radius 1 is 1.24 bits per heavy atom. The number of sulfonamides is 1. The lowest BCUT2D eigenvalue weighted by molar-refractivity contribution is -0.143. The summed E-state index contributed by atoms with van der Waals surface area (Å²) in [6.07, 6.45) is -4.61. The summed E-state index contributed by atoms with van der Waals surface area (Å²) in [5.41, 5.74) is -0.116. The number of alkyl halides is 3. The summed E-state index contributed by atoms with van der Waals surface area (Å²) in [4.78, 5) is 18.4. The topological polar surface area (TPSA) is 101 Å². The van der Waals surface area contributed by atoms with Gasteiger partial charge in [-0.3, -0.25) is 14.5 Å². The molecule has 2 aromatic carbocycles. The van der Waals surface area contributed by atoms with Crippen molar-refractivity contribution in [3.63, 3.8) is 0 Å². The van der Waals surface area contributed by atoms with Crippen molar-refractivity contribution >= 4 is 49.4 Å². The average Bonchev–Trinajstić information content (AvgIpc) is 3.40. The van der Waals surface area contributed by atoms with E-state index in [4.69, 9.17) is 4.74 Å². The molecule has 0 aliphatic carbocycles. The molecule has 0 saturated heterocycles. The molecule has 1 aromatic heterocycles. The number of nitrogens with one attached hydrogen (secondary N) is 2. The van der Waals surface area contributed by atoms with E-state index in [1.807, 2.05) is 0 Å². The molecule has 1 aliphatic heterocycles. The van der Waals surface area contributed by atoms with Crippen LogP contribution in [-0.4, -0.2) is 42.8 Å². The van der Waals surface area contributed by atoms with Crippen LogP contribution in [0.3, 0.4) is 0 Å². The fourth-order valence-corrected chi connectivity index (χ4v) is 5.94. The van der Waals surface area contributed by atoms with Crippen LogP contribution < -0.4 is 4.72 Å². The van der Waals surface area contributed by atoms with Gasteiger partial charge in [0.05, 0.1) is 46.9 Å². The van der Waals surface area contributed by atoms with Crippen molar-refractivity contribution in [3.8, 4) is 0 Å². The number of carbonyl (C=O) groups is 1. The maximum Gasteiger partial charge on any atom is 0.417 e. The fourth-order valence-electron chi connectivity index (χ4n) is 3.57. The van der Waals surface area contributed by atoms with Crippen LogP contribution in [0.4, 0.5) is 18.9 Å². The molecule has 0 radical (unpaired) electrons. The lowest BCUT2D eigenvalue weighted by Gasteiger charge is -2.14. The van der Waals surface area contributed by atoms with Gasteiger partial charge in [-0.05, 0) is 31.2 Å². The largest absolute Gasteiger partial charge is 0.466 e. The van der Waals surface area contributed by atoms with Gasteiger partial charge in [0.25, 0.3) is 10.0 Å². The third kappa shape index (κ3) is 5.07. The van der Waals surface area contributed by atoms with Crippen LogP contribution in [-0.2, 0) is 25.7 Å². The van der Waals surface area contributed by atoms with Crippen LogP contribution in [0, 0.1) is 0 Å². The maximum absolute atomic E-state index is 13.4. The van der Waals surface area contributed by atoms with Gasteiger partial charge in [0.1, 0.15) is 5.04 Å². The number of anilines is 1. The zero-order valence-electron chi connectivity index (χ0n) is 17.8. The average molecular weight is 512 g/mol. The third-order valence-electron chi connectivity index (χ3n) is 5.03. The van der Waals surface area contributed by atoms with Gasteiger partial charge in [0, 0.05) is 10.6 Å². The molecule has 0 bridgehead atoms. The highest BCUT2D eigenvalue weighted by atomic mass is 32.2. The number of carbonyl (C=O) groups excluding carboxylic acids is 1. The van der Waals surface area contributed by atoms with E-state index in [1.165, 1.54) is 23.9 Å². The SMILES string of the molecule is CCOC(=O)CC1CN=C(c2cc3cccc(NS(=O)(=O)c4ccccc4C(F)(F)F)c3[nH]2)S1. The van der Waals surface area contributed by atoms with Gasteiger partial charge in [-0.1, -0.05) is 36.0 Å². The fraction of sp³-hybridized carbons (Fsp3) is 0.273. The van der Waals surface area contributed by atoms with Gasteiger partial charge in [0.15, 0.2) is 0 Å². The highest BCUT2D eigenvalue weighted by Crippen LogP contribution is 2.36. The van der Waals surface area contributed by atoms with E-state index in [-0.39, 0.29) is 23.3 Å². The molecule has 2 N–H and O–H groups in total. The Hall–Kier alpha value is -2.99. The Morgan fingerprint density at radius 2 is 2.00 bits per heavy atom. The molecule has 7 nitrogen and oxygen atoms in total. The van der Waals surface area contributed by atoms with Crippen molar-refractivity contribution in [3.05, 3.63) is 59.8 Å². The zero-order chi connectivity index (χ0) is 24.5. The number of hydrogen-bond acceptors (Lipinski definition) is 6. The second kappa shape index (κ2) is 9.34. The summed E-state index contributed by atoms with van der Waals surface area (Å²) < 4.78 is 73.1. The summed E-state index contributed by atoms with van der Waals surface area (Å²) in [6.45, 7) is 2.47. The molecule has 3 aromatic rings. The third-order valence-corrected chi connectivity index (χ3v) is 7.67. The molecule has 0 saturated carbocycles. The molecule has 1 aliphatic rings. The number of para-hydroxylation sites is 1. The van der Waals surface area contributed by atoms with Gasteiger partial charge in [-0.2, -0.15) is 13.2 Å². The number of aliphatic imine (C=N–C) groups is 1. The van der Waals surface area contributed by atoms with Crippen molar-refractivity contribution < 1.29 is 31.1 Å². The molecule has 2 heterocycles. The summed E-state index contributed by atoms with van der Waals surface area (Å²) in [5, 5.41) is 1.23. The molecule has 0 spiro atoms. The number of thioether (sulfide) groups is 1. The van der Waals surface area contributed by atoms with E-state index >= 15 is 0 Å². The number of ether oxygens (including phenoxy) is 1. The minimum Gasteiger partial charge on any atom is -0.466 e. The van der Waals surface area contributed by atoms with Crippen molar-refractivity contribution in [1.29, 1.82) is 0 Å². The molecule has 12 heteroatoms. The molecule has 1 unspecified atom stereocenters. The smallest absolute Gasteiger partial charge is 0.417 e. The summed E-state index contributed by atoms with van der Waals surface area (Å²) >= 11 is 1.41. The lowest BCUT2D eigenvalue weighted by Crippen LogP contribution is -2.19.